The normalized spacial score (nSPS) is 13.3. The van der Waals surface area contributed by atoms with Crippen molar-refractivity contribution in [3.05, 3.63) is 52.8 Å². The predicted molar refractivity (Wildman–Crippen MR) is 77.9 cm³/mol. The van der Waals surface area contributed by atoms with Crippen LogP contribution in [-0.2, 0) is 0 Å². The maximum atomic E-state index is 12.6. The minimum absolute atomic E-state index is 0.165. The highest BCUT2D eigenvalue weighted by Crippen LogP contribution is 2.14. The summed E-state index contributed by atoms with van der Waals surface area (Å²) in [7, 11) is 0. The summed E-state index contributed by atoms with van der Waals surface area (Å²) in [6.45, 7) is 0. The molecule has 1 aromatic carbocycles. The summed E-state index contributed by atoms with van der Waals surface area (Å²) in [5.74, 6) is -0.604. The Hall–Kier alpha value is -1.92. The molecule has 0 atom stereocenters. The SMILES string of the molecule is [2H]ON=C(C(=O)c1ccc(Cl)cc1)c1nc(SC)nc([2H])c1[2H]. The number of aromatic nitrogens is 2. The van der Waals surface area contributed by atoms with Gasteiger partial charge in [-0.05, 0) is 36.6 Å². The Morgan fingerprint density at radius 3 is 2.90 bits per heavy atom. The molecule has 0 spiro atoms. The van der Waals surface area contributed by atoms with Crippen LogP contribution in [0.4, 0.5) is 0 Å². The van der Waals surface area contributed by atoms with Gasteiger partial charge in [0.15, 0.2) is 10.9 Å². The van der Waals surface area contributed by atoms with E-state index in [9.17, 15) is 4.79 Å². The van der Waals surface area contributed by atoms with E-state index in [0.29, 0.717) is 5.02 Å². The van der Waals surface area contributed by atoms with Gasteiger partial charge in [0.2, 0.25) is 5.78 Å². The molecule has 0 aliphatic heterocycles. The molecule has 20 heavy (non-hydrogen) atoms. The molecule has 0 amide bonds. The molecule has 0 aliphatic carbocycles. The number of ketones is 1. The van der Waals surface area contributed by atoms with Gasteiger partial charge in [0.1, 0.15) is 5.69 Å². The molecule has 0 bridgehead atoms. The van der Waals surface area contributed by atoms with Crippen LogP contribution in [0.15, 0.2) is 46.8 Å². The molecule has 1 N–H and O–H groups in total. The van der Waals surface area contributed by atoms with Crippen LogP contribution in [0.5, 0.6) is 0 Å². The first-order valence-electron chi connectivity index (χ1n) is 6.79. The molecule has 0 aliphatic rings. The molecule has 2 rings (SSSR count). The van der Waals surface area contributed by atoms with E-state index < -0.39 is 5.78 Å². The van der Waals surface area contributed by atoms with E-state index in [1.807, 2.05) is 0 Å². The van der Waals surface area contributed by atoms with E-state index in [4.69, 9.17) is 15.8 Å². The lowest BCUT2D eigenvalue weighted by atomic mass is 10.0. The van der Waals surface area contributed by atoms with Crippen molar-refractivity contribution in [2.24, 2.45) is 5.16 Å². The van der Waals surface area contributed by atoms with Crippen LogP contribution in [0.25, 0.3) is 0 Å². The van der Waals surface area contributed by atoms with E-state index in [0.717, 1.165) is 11.8 Å². The number of carbonyl (C=O) groups is 1. The first-order chi connectivity index (χ1) is 11.0. The second kappa shape index (κ2) is 6.49. The van der Waals surface area contributed by atoms with E-state index in [1.165, 1.54) is 24.3 Å². The Morgan fingerprint density at radius 2 is 2.25 bits per heavy atom. The highest BCUT2D eigenvalue weighted by atomic mass is 35.5. The monoisotopic (exact) mass is 310 g/mol. The van der Waals surface area contributed by atoms with Gasteiger partial charge in [0, 0.05) is 16.8 Å². The van der Waals surface area contributed by atoms with Crippen molar-refractivity contribution < 1.29 is 14.2 Å². The Labute approximate surface area is 129 Å². The average molecular weight is 311 g/mol. The summed E-state index contributed by atoms with van der Waals surface area (Å²) < 4.78 is 22.3. The number of halogens is 1. The fourth-order valence-corrected chi connectivity index (χ4v) is 1.86. The number of nitrogens with zero attached hydrogens (tertiary/aromatic N) is 3. The quantitative estimate of drug-likeness (QED) is 0.229. The average Bonchev–Trinajstić information content (AvgIpc) is 2.55. The van der Waals surface area contributed by atoms with Gasteiger partial charge in [0.05, 0.1) is 2.74 Å². The molecule has 0 saturated heterocycles. The van der Waals surface area contributed by atoms with Gasteiger partial charge >= 0.3 is 1.43 Å². The first kappa shape index (κ1) is 10.8. The summed E-state index contributed by atoms with van der Waals surface area (Å²) in [5, 5.41) is 8.01. The molecule has 7 heteroatoms. The number of hydrogen-bond acceptors (Lipinski definition) is 6. The van der Waals surface area contributed by atoms with Crippen molar-refractivity contribution >= 4 is 34.9 Å². The van der Waals surface area contributed by atoms with E-state index in [2.05, 4.69) is 20.3 Å². The molecule has 1 heterocycles. The predicted octanol–water partition coefficient (Wildman–Crippen LogP) is 2.91. The Balaban J connectivity index is 2.55. The van der Waals surface area contributed by atoms with Crippen LogP contribution >= 0.6 is 23.4 Å². The molecule has 102 valence electrons. The van der Waals surface area contributed by atoms with E-state index >= 15 is 0 Å². The second-order valence-corrected chi connectivity index (χ2v) is 4.78. The number of thioether (sulfide) groups is 1. The van der Waals surface area contributed by atoms with Crippen LogP contribution < -0.4 is 0 Å². The van der Waals surface area contributed by atoms with Crippen molar-refractivity contribution in [3.8, 4) is 0 Å². The third-order valence-corrected chi connectivity index (χ3v) is 3.15. The van der Waals surface area contributed by atoms with Gasteiger partial charge in [0.25, 0.3) is 0 Å². The summed E-state index contributed by atoms with van der Waals surface area (Å²) in [4.78, 5) is 20.4. The molecule has 0 unspecified atom stereocenters. The zero-order chi connectivity index (χ0) is 17.0. The van der Waals surface area contributed by atoms with Crippen molar-refractivity contribution in [3.63, 3.8) is 0 Å². The largest absolute Gasteiger partial charge is 0.410 e. The molecule has 1 aromatic heterocycles. The summed E-state index contributed by atoms with van der Waals surface area (Å²) in [5.41, 5.74) is -0.277. The van der Waals surface area contributed by atoms with Gasteiger partial charge in [-0.3, -0.25) is 4.79 Å². The van der Waals surface area contributed by atoms with Crippen molar-refractivity contribution in [2.75, 3.05) is 6.26 Å². The third-order valence-electron chi connectivity index (χ3n) is 2.35. The lowest BCUT2D eigenvalue weighted by Gasteiger charge is -2.04. The zero-order valence-corrected chi connectivity index (χ0v) is 11.8. The van der Waals surface area contributed by atoms with Gasteiger partial charge in [-0.15, -0.1) is 0 Å². The topological polar surface area (TPSA) is 75.4 Å². The zero-order valence-electron chi connectivity index (χ0n) is 13.3. The molecular weight excluding hydrogens is 298 g/mol. The van der Waals surface area contributed by atoms with E-state index in [-0.39, 0.29) is 34.3 Å². The standard InChI is InChI=1S/C13H10ClN3O2S/c1-20-13-15-7-6-10(16-13)11(17-19)12(18)8-2-4-9(14)5-3-8/h2-7,19H,1H3/i6D,7D/hD. The van der Waals surface area contributed by atoms with Crippen LogP contribution in [0, 0.1) is 0 Å². The maximum Gasteiger partial charge on any atom is 0.330 e. The number of Topliss-reactive ketones (excluding diaryl/α,β-unsaturated/α-hetero) is 1. The van der Waals surface area contributed by atoms with Crippen LogP contribution in [0.2, 0.25) is 6.45 Å². The summed E-state index contributed by atoms with van der Waals surface area (Å²) in [6, 6.07) is 5.64. The number of rotatable bonds is 5. The van der Waals surface area contributed by atoms with Crippen molar-refractivity contribution in [1.29, 1.82) is 0 Å². The van der Waals surface area contributed by atoms with Crippen LogP contribution in [0.1, 0.15) is 18.8 Å². The highest BCUT2D eigenvalue weighted by molar-refractivity contribution is 7.98. The number of benzene rings is 1. The van der Waals surface area contributed by atoms with Gasteiger partial charge in [-0.2, -0.15) is 0 Å². The maximum absolute atomic E-state index is 12.6. The number of hydrogen-bond donors (Lipinski definition) is 1. The Bertz CT molecular complexity index is 772. The smallest absolute Gasteiger partial charge is 0.330 e. The molecule has 2 aromatic rings. The lowest BCUT2D eigenvalue weighted by Crippen LogP contribution is -2.17. The third kappa shape index (κ3) is 3.15. The molecule has 0 radical (unpaired) electrons. The van der Waals surface area contributed by atoms with Gasteiger partial charge < -0.3 is 5.21 Å². The van der Waals surface area contributed by atoms with Crippen molar-refractivity contribution in [2.45, 2.75) is 5.16 Å². The van der Waals surface area contributed by atoms with Gasteiger partial charge in [-0.25, -0.2) is 9.97 Å². The fraction of sp³-hybridized carbons (Fsp3) is 0.0769. The Morgan fingerprint density at radius 1 is 1.50 bits per heavy atom. The number of carbonyl (C=O) groups excluding carboxylic acids is 1. The number of oxime groups is 1. The summed E-state index contributed by atoms with van der Waals surface area (Å²) >= 11 is 6.94. The Kier molecular flexibility index (Phi) is 3.51. The van der Waals surface area contributed by atoms with E-state index in [1.54, 1.807) is 6.26 Å². The molecule has 0 fully saturated rings. The lowest BCUT2D eigenvalue weighted by molar-refractivity contribution is 0.106. The second-order valence-electron chi connectivity index (χ2n) is 3.57. The first-order valence-corrected chi connectivity index (χ1v) is 6.98. The minimum Gasteiger partial charge on any atom is -0.410 e. The molecule has 5 nitrogen and oxygen atoms in total. The van der Waals surface area contributed by atoms with Gasteiger partial charge in [-0.1, -0.05) is 28.5 Å². The minimum atomic E-state index is -0.604. The highest BCUT2D eigenvalue weighted by Gasteiger charge is 2.19. The molecule has 0 saturated carbocycles. The van der Waals surface area contributed by atoms with Crippen LogP contribution in [-0.4, -0.2) is 32.9 Å². The van der Waals surface area contributed by atoms with Crippen LogP contribution in [0.3, 0.4) is 0 Å². The fourth-order valence-electron chi connectivity index (χ4n) is 1.41. The summed E-state index contributed by atoms with van der Waals surface area (Å²) in [6.07, 6.45) is 1.35. The van der Waals surface area contributed by atoms with Crippen molar-refractivity contribution in [1.82, 2.24) is 9.97 Å². The molecular formula is C13H10ClN3O2S.